The van der Waals surface area contributed by atoms with Crippen molar-refractivity contribution in [2.45, 2.75) is 37.8 Å². The molecule has 0 heterocycles. The first-order valence-electron chi connectivity index (χ1n) is 5.48. The maximum atomic E-state index is 5.69. The normalized spacial score (nSPS) is 20.9. The molecule has 0 amide bonds. The summed E-state index contributed by atoms with van der Waals surface area (Å²) in [6.07, 6.45) is 5.50. The highest BCUT2D eigenvalue weighted by Crippen LogP contribution is 2.40. The minimum Gasteiger partial charge on any atom is -0.399 e. The van der Waals surface area contributed by atoms with Gasteiger partial charge in [-0.1, -0.05) is 0 Å². The first kappa shape index (κ1) is 8.16. The molecule has 1 aromatic carbocycles. The van der Waals surface area contributed by atoms with Crippen LogP contribution in [0.3, 0.4) is 0 Å². The van der Waals surface area contributed by atoms with Crippen LogP contribution in [0.25, 0.3) is 0 Å². The summed E-state index contributed by atoms with van der Waals surface area (Å²) in [5.74, 6) is 0. The fraction of sp³-hybridized carbons (Fsp3) is 0.500. The third-order valence-corrected chi connectivity index (χ3v) is 3.07. The Balaban J connectivity index is 1.86. The van der Waals surface area contributed by atoms with Crippen LogP contribution in [0.5, 0.6) is 0 Å². The summed E-state index contributed by atoms with van der Waals surface area (Å²) in [4.78, 5) is 2.60. The molecule has 2 fully saturated rings. The number of nitrogen functional groups attached to an aromatic ring is 1. The van der Waals surface area contributed by atoms with Gasteiger partial charge in [0, 0.05) is 23.5 Å². The molecule has 0 aromatic heterocycles. The van der Waals surface area contributed by atoms with Gasteiger partial charge in [0.05, 0.1) is 0 Å². The molecule has 2 N–H and O–H groups in total. The van der Waals surface area contributed by atoms with E-state index in [4.69, 9.17) is 5.73 Å². The van der Waals surface area contributed by atoms with Crippen molar-refractivity contribution < 1.29 is 0 Å². The van der Waals surface area contributed by atoms with Crippen LogP contribution in [0.1, 0.15) is 25.7 Å². The molecule has 2 aliphatic rings. The summed E-state index contributed by atoms with van der Waals surface area (Å²) < 4.78 is 0. The van der Waals surface area contributed by atoms with Gasteiger partial charge in [-0.3, -0.25) is 0 Å². The van der Waals surface area contributed by atoms with E-state index in [9.17, 15) is 0 Å². The first-order chi connectivity index (χ1) is 6.84. The van der Waals surface area contributed by atoms with Gasteiger partial charge < -0.3 is 10.6 Å². The van der Waals surface area contributed by atoms with Crippen LogP contribution in [-0.4, -0.2) is 12.1 Å². The van der Waals surface area contributed by atoms with E-state index >= 15 is 0 Å². The molecule has 2 saturated carbocycles. The SMILES string of the molecule is Nc1ccc(N(C2CC2)C2CC2)cc1. The predicted octanol–water partition coefficient (Wildman–Crippen LogP) is 2.40. The lowest BCUT2D eigenvalue weighted by atomic mass is 10.2. The van der Waals surface area contributed by atoms with Crippen molar-refractivity contribution in [2.24, 2.45) is 0 Å². The lowest BCUT2D eigenvalue weighted by molar-refractivity contribution is 0.789. The van der Waals surface area contributed by atoms with Crippen LogP contribution < -0.4 is 10.6 Å². The summed E-state index contributed by atoms with van der Waals surface area (Å²) in [6.45, 7) is 0. The predicted molar refractivity (Wildman–Crippen MR) is 59.4 cm³/mol. The van der Waals surface area contributed by atoms with E-state index in [1.54, 1.807) is 0 Å². The summed E-state index contributed by atoms with van der Waals surface area (Å²) in [5, 5.41) is 0. The molecule has 0 aliphatic heterocycles. The average molecular weight is 188 g/mol. The number of rotatable bonds is 3. The Morgan fingerprint density at radius 1 is 0.929 bits per heavy atom. The van der Waals surface area contributed by atoms with Gasteiger partial charge in [-0.15, -0.1) is 0 Å². The smallest absolute Gasteiger partial charge is 0.0372 e. The molecule has 0 radical (unpaired) electrons. The Morgan fingerprint density at radius 3 is 1.86 bits per heavy atom. The Bertz CT molecular complexity index is 311. The van der Waals surface area contributed by atoms with E-state index in [2.05, 4.69) is 17.0 Å². The highest BCUT2D eigenvalue weighted by Gasteiger charge is 2.38. The molecule has 2 heteroatoms. The van der Waals surface area contributed by atoms with E-state index < -0.39 is 0 Å². The zero-order valence-corrected chi connectivity index (χ0v) is 8.32. The molecule has 0 atom stereocenters. The van der Waals surface area contributed by atoms with Crippen molar-refractivity contribution in [1.29, 1.82) is 0 Å². The quantitative estimate of drug-likeness (QED) is 0.738. The Kier molecular flexibility index (Phi) is 1.69. The van der Waals surface area contributed by atoms with Crippen LogP contribution >= 0.6 is 0 Å². The zero-order chi connectivity index (χ0) is 9.54. The van der Waals surface area contributed by atoms with Gasteiger partial charge in [0.2, 0.25) is 0 Å². The second kappa shape index (κ2) is 2.91. The standard InChI is InChI=1S/C12H16N2/c13-9-1-3-10(4-2-9)14(11-5-6-11)12-7-8-12/h1-4,11-12H,5-8,13H2. The van der Waals surface area contributed by atoms with E-state index in [0.29, 0.717) is 0 Å². The zero-order valence-electron chi connectivity index (χ0n) is 8.32. The van der Waals surface area contributed by atoms with Gasteiger partial charge in [-0.2, -0.15) is 0 Å². The second-order valence-corrected chi connectivity index (χ2v) is 4.46. The Hall–Kier alpha value is -1.18. The first-order valence-corrected chi connectivity index (χ1v) is 5.48. The van der Waals surface area contributed by atoms with Crippen molar-refractivity contribution >= 4 is 11.4 Å². The number of nitrogens with zero attached hydrogens (tertiary/aromatic N) is 1. The summed E-state index contributed by atoms with van der Waals surface area (Å²) >= 11 is 0. The summed E-state index contributed by atoms with van der Waals surface area (Å²) in [5.41, 5.74) is 7.92. The van der Waals surface area contributed by atoms with E-state index in [0.717, 1.165) is 17.8 Å². The molecule has 74 valence electrons. The lowest BCUT2D eigenvalue weighted by Gasteiger charge is -2.24. The third-order valence-electron chi connectivity index (χ3n) is 3.07. The molecule has 0 saturated heterocycles. The van der Waals surface area contributed by atoms with Crippen LogP contribution in [0.4, 0.5) is 11.4 Å². The molecule has 2 aliphatic carbocycles. The molecule has 0 bridgehead atoms. The number of benzene rings is 1. The number of hydrogen-bond acceptors (Lipinski definition) is 2. The average Bonchev–Trinajstić information content (AvgIpc) is 3.00. The van der Waals surface area contributed by atoms with Crippen molar-refractivity contribution in [3.8, 4) is 0 Å². The highest BCUT2D eigenvalue weighted by molar-refractivity contribution is 5.55. The summed E-state index contributed by atoms with van der Waals surface area (Å²) in [6, 6.07) is 9.98. The molecule has 1 aromatic rings. The lowest BCUT2D eigenvalue weighted by Crippen LogP contribution is -2.27. The number of nitrogens with two attached hydrogens (primary N) is 1. The van der Waals surface area contributed by atoms with Gasteiger partial charge in [-0.05, 0) is 49.9 Å². The van der Waals surface area contributed by atoms with Crippen molar-refractivity contribution in [1.82, 2.24) is 0 Å². The third kappa shape index (κ3) is 1.45. The fourth-order valence-electron chi connectivity index (χ4n) is 2.07. The molecule has 0 unspecified atom stereocenters. The Labute approximate surface area is 84.7 Å². The number of anilines is 2. The Morgan fingerprint density at radius 2 is 1.43 bits per heavy atom. The molecule has 0 spiro atoms. The van der Waals surface area contributed by atoms with Crippen LogP contribution in [0, 0.1) is 0 Å². The van der Waals surface area contributed by atoms with Gasteiger partial charge in [0.15, 0.2) is 0 Å². The van der Waals surface area contributed by atoms with Gasteiger partial charge in [0.1, 0.15) is 0 Å². The van der Waals surface area contributed by atoms with Crippen LogP contribution in [0.15, 0.2) is 24.3 Å². The molecule has 3 rings (SSSR count). The van der Waals surface area contributed by atoms with Crippen LogP contribution in [-0.2, 0) is 0 Å². The molecule has 2 nitrogen and oxygen atoms in total. The highest BCUT2D eigenvalue weighted by atomic mass is 15.2. The number of hydrogen-bond donors (Lipinski definition) is 1. The molecular formula is C12H16N2. The van der Waals surface area contributed by atoms with Gasteiger partial charge >= 0.3 is 0 Å². The minimum absolute atomic E-state index is 0.825. The van der Waals surface area contributed by atoms with E-state index in [-0.39, 0.29) is 0 Å². The van der Waals surface area contributed by atoms with E-state index in [1.807, 2.05) is 12.1 Å². The fourth-order valence-corrected chi connectivity index (χ4v) is 2.07. The maximum Gasteiger partial charge on any atom is 0.0372 e. The van der Waals surface area contributed by atoms with Gasteiger partial charge in [0.25, 0.3) is 0 Å². The van der Waals surface area contributed by atoms with Gasteiger partial charge in [-0.25, -0.2) is 0 Å². The van der Waals surface area contributed by atoms with Crippen molar-refractivity contribution in [3.63, 3.8) is 0 Å². The maximum absolute atomic E-state index is 5.69. The largest absolute Gasteiger partial charge is 0.399 e. The van der Waals surface area contributed by atoms with Crippen molar-refractivity contribution in [3.05, 3.63) is 24.3 Å². The molecule has 14 heavy (non-hydrogen) atoms. The molecular weight excluding hydrogens is 172 g/mol. The topological polar surface area (TPSA) is 29.3 Å². The monoisotopic (exact) mass is 188 g/mol. The van der Waals surface area contributed by atoms with Crippen LogP contribution in [0.2, 0.25) is 0 Å². The van der Waals surface area contributed by atoms with E-state index in [1.165, 1.54) is 31.4 Å². The van der Waals surface area contributed by atoms with Crippen molar-refractivity contribution in [2.75, 3.05) is 10.6 Å². The summed E-state index contributed by atoms with van der Waals surface area (Å²) in [7, 11) is 0. The minimum atomic E-state index is 0.825. The second-order valence-electron chi connectivity index (χ2n) is 4.46.